The molecule has 0 spiro atoms. The molecule has 2 heterocycles. The Morgan fingerprint density at radius 3 is 2.55 bits per heavy atom. The highest BCUT2D eigenvalue weighted by atomic mass is 127. The summed E-state index contributed by atoms with van der Waals surface area (Å²) in [5.41, 5.74) is 2.21. The highest BCUT2D eigenvalue weighted by Gasteiger charge is 2.25. The van der Waals surface area contributed by atoms with Gasteiger partial charge in [0.1, 0.15) is 5.75 Å². The highest BCUT2D eigenvalue weighted by molar-refractivity contribution is 14.0. The molecule has 1 aromatic carbocycles. The quantitative estimate of drug-likeness (QED) is 0.340. The first-order valence-electron chi connectivity index (χ1n) is 10.0. The van der Waals surface area contributed by atoms with E-state index in [1.54, 1.807) is 20.4 Å². The summed E-state index contributed by atoms with van der Waals surface area (Å²) >= 11 is 0. The summed E-state index contributed by atoms with van der Waals surface area (Å²) in [6.45, 7) is 3.64. The molecule has 2 N–H and O–H groups in total. The highest BCUT2D eigenvalue weighted by Crippen LogP contribution is 2.30. The average Bonchev–Trinajstić information content (AvgIpc) is 2.77. The second-order valence-corrected chi connectivity index (χ2v) is 6.98. The van der Waals surface area contributed by atoms with E-state index >= 15 is 0 Å². The van der Waals surface area contributed by atoms with Gasteiger partial charge in [-0.15, -0.1) is 24.0 Å². The van der Waals surface area contributed by atoms with Crippen LogP contribution in [0.4, 0.5) is 0 Å². The number of guanidine groups is 1. The number of nitrogens with one attached hydrogen (secondary N) is 2. The molecule has 29 heavy (non-hydrogen) atoms. The van der Waals surface area contributed by atoms with Gasteiger partial charge in [-0.3, -0.25) is 14.9 Å². The molecule has 7 heteroatoms. The van der Waals surface area contributed by atoms with Crippen molar-refractivity contribution >= 4 is 29.9 Å². The summed E-state index contributed by atoms with van der Waals surface area (Å²) in [6.07, 6.45) is 5.62. The van der Waals surface area contributed by atoms with Crippen LogP contribution in [-0.4, -0.2) is 49.6 Å². The van der Waals surface area contributed by atoms with Crippen LogP contribution in [0.5, 0.6) is 5.75 Å². The van der Waals surface area contributed by atoms with Crippen LogP contribution in [0.15, 0.2) is 53.7 Å². The monoisotopic (exact) mass is 509 g/mol. The van der Waals surface area contributed by atoms with Crippen molar-refractivity contribution in [1.82, 2.24) is 20.5 Å². The topological polar surface area (TPSA) is 61.8 Å². The lowest BCUT2D eigenvalue weighted by Gasteiger charge is -2.35. The molecule has 1 saturated heterocycles. The number of aromatic nitrogens is 1. The average molecular weight is 509 g/mol. The number of pyridine rings is 1. The number of aliphatic imine (C=N–C) groups is 1. The largest absolute Gasteiger partial charge is 0.496 e. The SMILES string of the molecule is CN=C(NCc1ccccn1)NCC(c1ccccc1OC)N1CCCCC1.I. The third kappa shape index (κ3) is 6.85. The number of benzene rings is 1. The maximum Gasteiger partial charge on any atom is 0.191 e. The number of hydrogen-bond acceptors (Lipinski definition) is 4. The van der Waals surface area contributed by atoms with E-state index in [-0.39, 0.29) is 30.0 Å². The summed E-state index contributed by atoms with van der Waals surface area (Å²) in [5, 5.41) is 6.85. The predicted octanol–water partition coefficient (Wildman–Crippen LogP) is 3.60. The molecule has 0 aliphatic carbocycles. The molecular weight excluding hydrogens is 477 g/mol. The van der Waals surface area contributed by atoms with Crippen molar-refractivity contribution in [3.63, 3.8) is 0 Å². The molecule has 1 aliphatic heterocycles. The van der Waals surface area contributed by atoms with Crippen molar-refractivity contribution in [2.75, 3.05) is 33.8 Å². The number of rotatable bonds is 7. The summed E-state index contributed by atoms with van der Waals surface area (Å²) < 4.78 is 5.65. The predicted molar refractivity (Wildman–Crippen MR) is 129 cm³/mol. The van der Waals surface area contributed by atoms with E-state index in [2.05, 4.69) is 37.6 Å². The second-order valence-electron chi connectivity index (χ2n) is 6.98. The van der Waals surface area contributed by atoms with Gasteiger partial charge in [0, 0.05) is 25.4 Å². The Morgan fingerprint density at radius 1 is 1.10 bits per heavy atom. The second kappa shape index (κ2) is 12.6. The lowest BCUT2D eigenvalue weighted by Crippen LogP contribution is -2.44. The maximum absolute atomic E-state index is 5.65. The molecule has 6 nitrogen and oxygen atoms in total. The van der Waals surface area contributed by atoms with E-state index in [0.29, 0.717) is 6.54 Å². The van der Waals surface area contributed by atoms with Gasteiger partial charge in [0.15, 0.2) is 5.96 Å². The number of methoxy groups -OCH3 is 1. The van der Waals surface area contributed by atoms with Crippen LogP contribution >= 0.6 is 24.0 Å². The molecule has 0 bridgehead atoms. The van der Waals surface area contributed by atoms with E-state index in [0.717, 1.165) is 37.0 Å². The number of para-hydroxylation sites is 1. The van der Waals surface area contributed by atoms with Gasteiger partial charge >= 0.3 is 0 Å². The van der Waals surface area contributed by atoms with E-state index in [9.17, 15) is 0 Å². The third-order valence-corrected chi connectivity index (χ3v) is 5.18. The van der Waals surface area contributed by atoms with Crippen LogP contribution in [0.3, 0.4) is 0 Å². The first-order chi connectivity index (χ1) is 13.8. The lowest BCUT2D eigenvalue weighted by atomic mass is 10.0. The fourth-order valence-corrected chi connectivity index (χ4v) is 3.70. The van der Waals surface area contributed by atoms with Gasteiger partial charge in [-0.05, 0) is 44.1 Å². The zero-order chi connectivity index (χ0) is 19.6. The summed E-state index contributed by atoms with van der Waals surface area (Å²) in [4.78, 5) is 11.3. The van der Waals surface area contributed by atoms with Gasteiger partial charge in [0.25, 0.3) is 0 Å². The number of halogens is 1. The molecule has 1 atom stereocenters. The molecule has 0 amide bonds. The van der Waals surface area contributed by atoms with Gasteiger partial charge in [-0.25, -0.2) is 0 Å². The van der Waals surface area contributed by atoms with Crippen LogP contribution in [0.25, 0.3) is 0 Å². The van der Waals surface area contributed by atoms with Crippen molar-refractivity contribution in [1.29, 1.82) is 0 Å². The van der Waals surface area contributed by atoms with Gasteiger partial charge in [-0.1, -0.05) is 30.7 Å². The van der Waals surface area contributed by atoms with Gasteiger partial charge < -0.3 is 15.4 Å². The van der Waals surface area contributed by atoms with Crippen LogP contribution < -0.4 is 15.4 Å². The zero-order valence-corrected chi connectivity index (χ0v) is 19.6. The van der Waals surface area contributed by atoms with Crippen LogP contribution in [0.1, 0.15) is 36.6 Å². The number of nitrogens with zero attached hydrogens (tertiary/aromatic N) is 3. The van der Waals surface area contributed by atoms with E-state index in [1.807, 2.05) is 30.3 Å². The fraction of sp³-hybridized carbons (Fsp3) is 0.455. The van der Waals surface area contributed by atoms with Crippen molar-refractivity contribution in [3.8, 4) is 5.75 Å². The molecule has 1 unspecified atom stereocenters. The molecule has 1 aliphatic rings. The standard InChI is InChI=1S/C22H31N5O.HI/c1-23-22(25-16-18-10-6-7-13-24-18)26-17-20(27-14-8-3-9-15-27)19-11-4-5-12-21(19)28-2;/h4-7,10-13,20H,3,8-9,14-17H2,1-2H3,(H2,23,25,26);1H. The lowest BCUT2D eigenvalue weighted by molar-refractivity contribution is 0.161. The molecule has 1 aromatic heterocycles. The smallest absolute Gasteiger partial charge is 0.191 e. The fourth-order valence-electron chi connectivity index (χ4n) is 3.70. The first-order valence-corrected chi connectivity index (χ1v) is 10.0. The van der Waals surface area contributed by atoms with Crippen LogP contribution in [0.2, 0.25) is 0 Å². The van der Waals surface area contributed by atoms with Gasteiger partial charge in [-0.2, -0.15) is 0 Å². The zero-order valence-electron chi connectivity index (χ0n) is 17.3. The van der Waals surface area contributed by atoms with Crippen molar-refractivity contribution in [2.24, 2.45) is 4.99 Å². The molecule has 2 aromatic rings. The van der Waals surface area contributed by atoms with E-state index in [1.165, 1.54) is 24.8 Å². The first kappa shape index (κ1) is 23.4. The Hall–Kier alpha value is -1.87. The number of ether oxygens (including phenoxy) is 1. The molecule has 1 fully saturated rings. The number of hydrogen-bond donors (Lipinski definition) is 2. The normalized spacial score (nSPS) is 15.9. The van der Waals surface area contributed by atoms with Crippen molar-refractivity contribution in [3.05, 3.63) is 59.9 Å². The van der Waals surface area contributed by atoms with E-state index in [4.69, 9.17) is 4.74 Å². The van der Waals surface area contributed by atoms with Gasteiger partial charge in [0.05, 0.1) is 25.4 Å². The minimum Gasteiger partial charge on any atom is -0.496 e. The van der Waals surface area contributed by atoms with Crippen molar-refractivity contribution in [2.45, 2.75) is 31.8 Å². The Bertz CT molecular complexity index is 750. The summed E-state index contributed by atoms with van der Waals surface area (Å²) in [6, 6.07) is 14.5. The molecule has 158 valence electrons. The van der Waals surface area contributed by atoms with Gasteiger partial charge in [0.2, 0.25) is 0 Å². The van der Waals surface area contributed by atoms with Crippen molar-refractivity contribution < 1.29 is 4.74 Å². The molecule has 0 radical (unpaired) electrons. The Labute approximate surface area is 191 Å². The number of likely N-dealkylation sites (tertiary alicyclic amines) is 1. The summed E-state index contributed by atoms with van der Waals surface area (Å²) in [7, 11) is 3.54. The van der Waals surface area contributed by atoms with Crippen LogP contribution in [0, 0.1) is 0 Å². The minimum atomic E-state index is 0. The number of piperidine rings is 1. The van der Waals surface area contributed by atoms with Crippen LogP contribution in [-0.2, 0) is 6.54 Å². The Kier molecular flexibility index (Phi) is 10.2. The molecular formula is C22H32IN5O. The van der Waals surface area contributed by atoms with E-state index < -0.39 is 0 Å². The Morgan fingerprint density at radius 2 is 1.86 bits per heavy atom. The Balaban J connectivity index is 0.00000300. The molecule has 0 saturated carbocycles. The third-order valence-electron chi connectivity index (χ3n) is 5.18. The molecule has 3 rings (SSSR count). The minimum absolute atomic E-state index is 0. The summed E-state index contributed by atoms with van der Waals surface area (Å²) in [5.74, 6) is 1.72. The maximum atomic E-state index is 5.65.